The van der Waals surface area contributed by atoms with Crippen molar-refractivity contribution in [3.63, 3.8) is 0 Å². The van der Waals surface area contributed by atoms with Crippen molar-refractivity contribution in [1.82, 2.24) is 10.2 Å². The Labute approximate surface area is 136 Å². The summed E-state index contributed by atoms with van der Waals surface area (Å²) in [6.07, 6.45) is 5.63. The number of hydrogen-bond acceptors (Lipinski definition) is 4. The van der Waals surface area contributed by atoms with Crippen molar-refractivity contribution in [3.05, 3.63) is 33.4 Å². The maximum Gasteiger partial charge on any atom is 0.349 e. The molecule has 1 saturated carbocycles. The van der Waals surface area contributed by atoms with Crippen molar-refractivity contribution in [2.45, 2.75) is 44.9 Å². The molecule has 4 rings (SSSR count). The molecule has 1 aromatic heterocycles. The molecule has 1 spiro atoms. The van der Waals surface area contributed by atoms with Gasteiger partial charge in [0.05, 0.1) is 0 Å². The second-order valence-electron chi connectivity index (χ2n) is 7.51. The number of amides is 1. The van der Waals surface area contributed by atoms with Crippen LogP contribution in [0.25, 0.3) is 0 Å². The monoisotopic (exact) mass is 316 g/mol. The SMILES string of the molecule is Cc1cc(C2CCCNC2)oc(=O)c1C(=O)N1CCC2(CC2)C1. The highest BCUT2D eigenvalue weighted by Gasteiger charge is 2.49. The fourth-order valence-electron chi connectivity index (χ4n) is 4.04. The highest BCUT2D eigenvalue weighted by atomic mass is 16.4. The summed E-state index contributed by atoms with van der Waals surface area (Å²) >= 11 is 0. The Morgan fingerprint density at radius 3 is 2.83 bits per heavy atom. The number of carbonyl (C=O) groups excluding carboxylic acids is 1. The number of nitrogens with zero attached hydrogens (tertiary/aromatic N) is 1. The Kier molecular flexibility index (Phi) is 3.56. The molecule has 5 heteroatoms. The van der Waals surface area contributed by atoms with Gasteiger partial charge in [-0.15, -0.1) is 0 Å². The molecule has 2 saturated heterocycles. The van der Waals surface area contributed by atoms with E-state index >= 15 is 0 Å². The molecular weight excluding hydrogens is 292 g/mol. The van der Waals surface area contributed by atoms with Crippen molar-refractivity contribution in [1.29, 1.82) is 0 Å². The van der Waals surface area contributed by atoms with E-state index in [-0.39, 0.29) is 17.4 Å². The molecule has 0 radical (unpaired) electrons. The van der Waals surface area contributed by atoms with Gasteiger partial charge >= 0.3 is 5.63 Å². The average molecular weight is 316 g/mol. The van der Waals surface area contributed by atoms with Gasteiger partial charge in [0, 0.05) is 25.6 Å². The normalized spacial score (nSPS) is 25.8. The summed E-state index contributed by atoms with van der Waals surface area (Å²) in [6.45, 7) is 5.29. The van der Waals surface area contributed by atoms with E-state index in [1.807, 2.05) is 17.9 Å². The summed E-state index contributed by atoms with van der Waals surface area (Å²) in [5, 5.41) is 3.33. The topological polar surface area (TPSA) is 62.6 Å². The summed E-state index contributed by atoms with van der Waals surface area (Å²) in [5.74, 6) is 0.811. The van der Waals surface area contributed by atoms with Gasteiger partial charge in [-0.05, 0) is 62.6 Å². The lowest BCUT2D eigenvalue weighted by molar-refractivity contribution is 0.0779. The van der Waals surface area contributed by atoms with Gasteiger partial charge in [0.15, 0.2) is 0 Å². The fourth-order valence-corrected chi connectivity index (χ4v) is 4.04. The third kappa shape index (κ3) is 2.71. The van der Waals surface area contributed by atoms with Crippen LogP contribution in [0.15, 0.2) is 15.3 Å². The highest BCUT2D eigenvalue weighted by Crippen LogP contribution is 2.52. The molecule has 3 heterocycles. The number of aryl methyl sites for hydroxylation is 1. The van der Waals surface area contributed by atoms with Gasteiger partial charge in [-0.1, -0.05) is 0 Å². The molecule has 0 aromatic carbocycles. The first-order valence-electron chi connectivity index (χ1n) is 8.73. The second-order valence-corrected chi connectivity index (χ2v) is 7.51. The fraction of sp³-hybridized carbons (Fsp3) is 0.667. The first-order chi connectivity index (χ1) is 11.1. The van der Waals surface area contributed by atoms with Crippen molar-refractivity contribution in [2.24, 2.45) is 5.41 Å². The molecule has 1 N–H and O–H groups in total. The summed E-state index contributed by atoms with van der Waals surface area (Å²) in [4.78, 5) is 27.0. The minimum Gasteiger partial charge on any atom is -0.427 e. The molecule has 1 aromatic rings. The molecule has 124 valence electrons. The minimum atomic E-state index is -0.465. The van der Waals surface area contributed by atoms with Gasteiger partial charge in [0.1, 0.15) is 11.3 Å². The number of hydrogen-bond donors (Lipinski definition) is 1. The summed E-state index contributed by atoms with van der Waals surface area (Å²) in [6, 6.07) is 1.90. The number of carbonyl (C=O) groups is 1. The van der Waals surface area contributed by atoms with Crippen LogP contribution in [0, 0.1) is 12.3 Å². The average Bonchev–Trinajstić information content (AvgIpc) is 3.16. The predicted molar refractivity (Wildman–Crippen MR) is 86.7 cm³/mol. The van der Waals surface area contributed by atoms with E-state index in [0.29, 0.717) is 5.41 Å². The number of likely N-dealkylation sites (tertiary alicyclic amines) is 1. The largest absolute Gasteiger partial charge is 0.427 e. The number of rotatable bonds is 2. The molecule has 1 amide bonds. The molecule has 3 aliphatic rings. The van der Waals surface area contributed by atoms with E-state index < -0.39 is 5.63 Å². The van der Waals surface area contributed by atoms with Gasteiger partial charge in [-0.2, -0.15) is 0 Å². The zero-order valence-corrected chi connectivity index (χ0v) is 13.7. The molecule has 0 bridgehead atoms. The molecule has 2 aliphatic heterocycles. The van der Waals surface area contributed by atoms with Crippen LogP contribution < -0.4 is 10.9 Å². The van der Waals surface area contributed by atoms with E-state index in [1.165, 1.54) is 12.8 Å². The maximum atomic E-state index is 12.7. The number of piperidine rings is 1. The van der Waals surface area contributed by atoms with Crippen molar-refractivity contribution in [2.75, 3.05) is 26.2 Å². The van der Waals surface area contributed by atoms with Crippen LogP contribution in [0.1, 0.15) is 59.7 Å². The van der Waals surface area contributed by atoms with E-state index in [1.54, 1.807) is 0 Å². The molecule has 1 aliphatic carbocycles. The van der Waals surface area contributed by atoms with Crippen molar-refractivity contribution < 1.29 is 9.21 Å². The molecular formula is C18H24N2O3. The smallest absolute Gasteiger partial charge is 0.349 e. The zero-order chi connectivity index (χ0) is 16.0. The summed E-state index contributed by atoms with van der Waals surface area (Å²) in [7, 11) is 0. The van der Waals surface area contributed by atoms with Gasteiger partial charge in [-0.3, -0.25) is 4.79 Å². The summed E-state index contributed by atoms with van der Waals surface area (Å²) < 4.78 is 5.53. The van der Waals surface area contributed by atoms with E-state index in [2.05, 4.69) is 5.32 Å². The Morgan fingerprint density at radius 2 is 2.22 bits per heavy atom. The Balaban J connectivity index is 1.59. The Bertz CT molecular complexity index is 684. The first-order valence-corrected chi connectivity index (χ1v) is 8.73. The number of nitrogens with one attached hydrogen (secondary N) is 1. The van der Waals surface area contributed by atoms with Crippen LogP contribution in [0.5, 0.6) is 0 Å². The molecule has 1 atom stereocenters. The van der Waals surface area contributed by atoms with E-state index in [0.717, 1.165) is 56.8 Å². The van der Waals surface area contributed by atoms with Crippen LogP contribution in [-0.4, -0.2) is 37.0 Å². The van der Waals surface area contributed by atoms with Crippen LogP contribution in [0.4, 0.5) is 0 Å². The quantitative estimate of drug-likeness (QED) is 0.907. The maximum absolute atomic E-state index is 12.7. The molecule has 23 heavy (non-hydrogen) atoms. The van der Waals surface area contributed by atoms with Gasteiger partial charge in [-0.25, -0.2) is 4.79 Å². The lowest BCUT2D eigenvalue weighted by Gasteiger charge is -2.22. The van der Waals surface area contributed by atoms with E-state index in [4.69, 9.17) is 4.42 Å². The standard InChI is InChI=1S/C18H24N2O3/c1-12-9-14(13-3-2-7-19-10-13)23-17(22)15(12)16(21)20-8-6-18(11-20)4-5-18/h9,13,19H,2-8,10-11H2,1H3. The van der Waals surface area contributed by atoms with E-state index in [9.17, 15) is 9.59 Å². The highest BCUT2D eigenvalue weighted by molar-refractivity contribution is 5.95. The molecule has 5 nitrogen and oxygen atoms in total. The lowest BCUT2D eigenvalue weighted by atomic mass is 9.95. The molecule has 3 fully saturated rings. The summed E-state index contributed by atoms with van der Waals surface area (Å²) in [5.41, 5.74) is 0.892. The third-order valence-electron chi connectivity index (χ3n) is 5.76. The van der Waals surface area contributed by atoms with Gasteiger partial charge < -0.3 is 14.6 Å². The van der Waals surface area contributed by atoms with Crippen molar-refractivity contribution >= 4 is 5.91 Å². The first kappa shape index (κ1) is 14.9. The van der Waals surface area contributed by atoms with Crippen LogP contribution in [0.2, 0.25) is 0 Å². The Hall–Kier alpha value is -1.62. The van der Waals surface area contributed by atoms with Crippen LogP contribution >= 0.6 is 0 Å². The molecule has 1 unspecified atom stereocenters. The van der Waals surface area contributed by atoms with Gasteiger partial charge in [0.25, 0.3) is 5.91 Å². The third-order valence-corrected chi connectivity index (χ3v) is 5.76. The second kappa shape index (κ2) is 5.48. The van der Waals surface area contributed by atoms with Gasteiger partial charge in [0.2, 0.25) is 0 Å². The minimum absolute atomic E-state index is 0.145. The van der Waals surface area contributed by atoms with Crippen LogP contribution in [-0.2, 0) is 0 Å². The predicted octanol–water partition coefficient (Wildman–Crippen LogP) is 2.04. The van der Waals surface area contributed by atoms with Crippen molar-refractivity contribution in [3.8, 4) is 0 Å². The Morgan fingerprint density at radius 1 is 1.39 bits per heavy atom. The lowest BCUT2D eigenvalue weighted by Crippen LogP contribution is -2.34. The zero-order valence-electron chi connectivity index (χ0n) is 13.7. The van der Waals surface area contributed by atoms with Crippen LogP contribution in [0.3, 0.4) is 0 Å².